The predicted molar refractivity (Wildman–Crippen MR) is 53.4 cm³/mol. The number of nitrogens with one attached hydrogen (secondary N) is 1. The molecule has 2 rings (SSSR count). The first-order chi connectivity index (χ1) is 6.36. The van der Waals surface area contributed by atoms with Gasteiger partial charge in [0, 0.05) is 6.04 Å². The van der Waals surface area contributed by atoms with E-state index in [1.54, 1.807) is 6.26 Å². The van der Waals surface area contributed by atoms with Crippen molar-refractivity contribution in [2.24, 2.45) is 0 Å². The Labute approximate surface area is 78.6 Å². The van der Waals surface area contributed by atoms with Crippen LogP contribution >= 0.6 is 0 Å². The third-order valence-electron chi connectivity index (χ3n) is 2.52. The van der Waals surface area contributed by atoms with E-state index in [1.165, 1.54) is 18.4 Å². The van der Waals surface area contributed by atoms with Gasteiger partial charge in [0.25, 0.3) is 0 Å². The predicted octanol–water partition coefficient (Wildman–Crippen LogP) is 2.43. The van der Waals surface area contributed by atoms with Crippen LogP contribution in [0.4, 0.5) is 0 Å². The highest BCUT2D eigenvalue weighted by atomic mass is 16.3. The average molecular weight is 177 g/mol. The second-order valence-corrected chi connectivity index (χ2v) is 3.55. The summed E-state index contributed by atoms with van der Waals surface area (Å²) in [6.45, 7) is 3.31. The van der Waals surface area contributed by atoms with Crippen LogP contribution in [0.15, 0.2) is 28.4 Å². The molecule has 1 saturated heterocycles. The van der Waals surface area contributed by atoms with E-state index in [0.717, 1.165) is 12.3 Å². The van der Waals surface area contributed by atoms with E-state index in [4.69, 9.17) is 4.42 Å². The van der Waals surface area contributed by atoms with E-state index < -0.39 is 0 Å². The first-order valence-corrected chi connectivity index (χ1v) is 4.81. The van der Waals surface area contributed by atoms with E-state index in [-0.39, 0.29) is 0 Å². The molecule has 1 N–H and O–H groups in total. The van der Waals surface area contributed by atoms with Crippen molar-refractivity contribution in [1.29, 1.82) is 0 Å². The number of hydrogen-bond acceptors (Lipinski definition) is 2. The van der Waals surface area contributed by atoms with Crippen molar-refractivity contribution >= 4 is 6.08 Å². The van der Waals surface area contributed by atoms with Gasteiger partial charge in [0.1, 0.15) is 5.76 Å². The van der Waals surface area contributed by atoms with Crippen molar-refractivity contribution in [3.63, 3.8) is 0 Å². The zero-order valence-electron chi connectivity index (χ0n) is 7.92. The summed E-state index contributed by atoms with van der Waals surface area (Å²) >= 11 is 0. The SMILES string of the molecule is C/C(=C/c1ccco1)C1CCCN1. The Morgan fingerprint density at radius 1 is 1.69 bits per heavy atom. The Hall–Kier alpha value is -1.02. The summed E-state index contributed by atoms with van der Waals surface area (Å²) in [5.41, 5.74) is 1.37. The first-order valence-electron chi connectivity index (χ1n) is 4.81. The summed E-state index contributed by atoms with van der Waals surface area (Å²) in [4.78, 5) is 0. The van der Waals surface area contributed by atoms with E-state index in [0.29, 0.717) is 6.04 Å². The topological polar surface area (TPSA) is 25.2 Å². The molecule has 1 atom stereocenters. The molecule has 0 spiro atoms. The van der Waals surface area contributed by atoms with Gasteiger partial charge in [0.15, 0.2) is 0 Å². The van der Waals surface area contributed by atoms with E-state index >= 15 is 0 Å². The van der Waals surface area contributed by atoms with E-state index in [1.807, 2.05) is 12.1 Å². The molecule has 0 radical (unpaired) electrons. The molecule has 2 heteroatoms. The lowest BCUT2D eigenvalue weighted by Gasteiger charge is -2.09. The lowest BCUT2D eigenvalue weighted by Crippen LogP contribution is -2.22. The molecule has 0 aromatic carbocycles. The third kappa shape index (κ3) is 2.01. The normalized spacial score (nSPS) is 23.8. The van der Waals surface area contributed by atoms with Gasteiger partial charge in [-0.1, -0.05) is 5.57 Å². The molecule has 1 aliphatic rings. The summed E-state index contributed by atoms with van der Waals surface area (Å²) < 4.78 is 5.26. The Morgan fingerprint density at radius 2 is 2.62 bits per heavy atom. The molecule has 0 amide bonds. The summed E-state index contributed by atoms with van der Waals surface area (Å²) in [6.07, 6.45) is 6.36. The van der Waals surface area contributed by atoms with Crippen LogP contribution in [0.5, 0.6) is 0 Å². The van der Waals surface area contributed by atoms with Crippen molar-refractivity contribution in [3.05, 3.63) is 29.7 Å². The van der Waals surface area contributed by atoms with Crippen LogP contribution < -0.4 is 5.32 Å². The zero-order valence-corrected chi connectivity index (χ0v) is 7.92. The molecule has 2 nitrogen and oxygen atoms in total. The van der Waals surface area contributed by atoms with Gasteiger partial charge in [-0.25, -0.2) is 0 Å². The van der Waals surface area contributed by atoms with Crippen LogP contribution in [0, 0.1) is 0 Å². The van der Waals surface area contributed by atoms with Crippen LogP contribution in [0.2, 0.25) is 0 Å². The zero-order chi connectivity index (χ0) is 9.10. The largest absolute Gasteiger partial charge is 0.465 e. The maximum Gasteiger partial charge on any atom is 0.126 e. The molecular formula is C11H15NO. The minimum atomic E-state index is 0.560. The fraction of sp³-hybridized carbons (Fsp3) is 0.455. The van der Waals surface area contributed by atoms with Crippen LogP contribution in [0.3, 0.4) is 0 Å². The number of hydrogen-bond donors (Lipinski definition) is 1. The highest BCUT2D eigenvalue weighted by Gasteiger charge is 2.15. The van der Waals surface area contributed by atoms with Gasteiger partial charge in [-0.05, 0) is 44.5 Å². The molecule has 0 saturated carbocycles. The summed E-state index contributed by atoms with van der Waals surface area (Å²) in [6, 6.07) is 4.46. The number of rotatable bonds is 2. The molecule has 2 heterocycles. The Balaban J connectivity index is 2.07. The van der Waals surface area contributed by atoms with Crippen LogP contribution in [-0.4, -0.2) is 12.6 Å². The average Bonchev–Trinajstić information content (AvgIpc) is 2.74. The molecule has 0 bridgehead atoms. The maximum atomic E-state index is 5.26. The molecule has 1 aromatic heterocycles. The van der Waals surface area contributed by atoms with Crippen molar-refractivity contribution in [2.45, 2.75) is 25.8 Å². The van der Waals surface area contributed by atoms with E-state index in [2.05, 4.69) is 18.3 Å². The number of furan rings is 1. The molecule has 70 valence electrons. The van der Waals surface area contributed by atoms with Crippen LogP contribution in [-0.2, 0) is 0 Å². The Morgan fingerprint density at radius 3 is 3.23 bits per heavy atom. The van der Waals surface area contributed by atoms with Crippen LogP contribution in [0.1, 0.15) is 25.5 Å². The van der Waals surface area contributed by atoms with Gasteiger partial charge < -0.3 is 9.73 Å². The molecule has 1 aromatic rings. The summed E-state index contributed by atoms with van der Waals surface area (Å²) in [5, 5.41) is 3.46. The van der Waals surface area contributed by atoms with Gasteiger partial charge in [0.05, 0.1) is 6.26 Å². The molecule has 1 fully saturated rings. The lowest BCUT2D eigenvalue weighted by atomic mass is 10.1. The quantitative estimate of drug-likeness (QED) is 0.750. The van der Waals surface area contributed by atoms with Crippen molar-refractivity contribution in [2.75, 3.05) is 6.54 Å². The van der Waals surface area contributed by atoms with E-state index in [9.17, 15) is 0 Å². The minimum Gasteiger partial charge on any atom is -0.465 e. The highest BCUT2D eigenvalue weighted by Crippen LogP contribution is 2.16. The maximum absolute atomic E-state index is 5.26. The second-order valence-electron chi connectivity index (χ2n) is 3.55. The van der Waals surface area contributed by atoms with Crippen molar-refractivity contribution < 1.29 is 4.42 Å². The van der Waals surface area contributed by atoms with Crippen LogP contribution in [0.25, 0.3) is 6.08 Å². The first kappa shape index (κ1) is 8.57. The smallest absolute Gasteiger partial charge is 0.126 e. The summed E-state index contributed by atoms with van der Waals surface area (Å²) in [5.74, 6) is 0.950. The van der Waals surface area contributed by atoms with Gasteiger partial charge >= 0.3 is 0 Å². The summed E-state index contributed by atoms with van der Waals surface area (Å²) in [7, 11) is 0. The third-order valence-corrected chi connectivity index (χ3v) is 2.52. The molecule has 1 aliphatic heterocycles. The highest BCUT2D eigenvalue weighted by molar-refractivity contribution is 5.48. The molecular weight excluding hydrogens is 162 g/mol. The standard InChI is InChI=1S/C11H15NO/c1-9(11-5-2-6-12-11)8-10-4-3-7-13-10/h3-4,7-8,11-12H,2,5-6H2,1H3/b9-8-. The fourth-order valence-electron chi connectivity index (χ4n) is 1.77. The Bertz CT molecular complexity index is 281. The monoisotopic (exact) mass is 177 g/mol. The lowest BCUT2D eigenvalue weighted by molar-refractivity contribution is 0.555. The second kappa shape index (κ2) is 3.79. The van der Waals surface area contributed by atoms with Gasteiger partial charge in [-0.15, -0.1) is 0 Å². The van der Waals surface area contributed by atoms with Gasteiger partial charge in [0.2, 0.25) is 0 Å². The van der Waals surface area contributed by atoms with Gasteiger partial charge in [-0.2, -0.15) is 0 Å². The minimum absolute atomic E-state index is 0.560. The van der Waals surface area contributed by atoms with Gasteiger partial charge in [-0.3, -0.25) is 0 Å². The molecule has 13 heavy (non-hydrogen) atoms. The van der Waals surface area contributed by atoms with Crippen molar-refractivity contribution in [1.82, 2.24) is 5.32 Å². The molecule has 0 aliphatic carbocycles. The fourth-order valence-corrected chi connectivity index (χ4v) is 1.77. The Kier molecular flexibility index (Phi) is 2.50. The molecule has 1 unspecified atom stereocenters. The van der Waals surface area contributed by atoms with Crippen molar-refractivity contribution in [3.8, 4) is 0 Å².